The second kappa shape index (κ2) is 8.11. The van der Waals surface area contributed by atoms with Crippen LogP contribution >= 0.6 is 0 Å². The third-order valence-corrected chi connectivity index (χ3v) is 4.96. The molecule has 4 rings (SSSR count). The first-order valence-electron chi connectivity index (χ1n) is 9.36. The summed E-state index contributed by atoms with van der Waals surface area (Å²) >= 11 is 0. The van der Waals surface area contributed by atoms with Crippen LogP contribution in [0.3, 0.4) is 0 Å². The minimum atomic E-state index is -0.769. The molecule has 3 N–H and O–H groups in total. The molecule has 0 spiro atoms. The maximum atomic E-state index is 12.2. The van der Waals surface area contributed by atoms with Gasteiger partial charge < -0.3 is 15.7 Å². The van der Waals surface area contributed by atoms with Gasteiger partial charge in [-0.05, 0) is 32.7 Å². The predicted molar refractivity (Wildman–Crippen MR) is 113 cm³/mol. The van der Waals surface area contributed by atoms with E-state index in [0.717, 1.165) is 32.7 Å². The van der Waals surface area contributed by atoms with Crippen LogP contribution in [0.5, 0.6) is 0 Å². The van der Waals surface area contributed by atoms with Gasteiger partial charge in [-0.2, -0.15) is 0 Å². The van der Waals surface area contributed by atoms with E-state index in [4.69, 9.17) is 0 Å². The number of urea groups is 1. The van der Waals surface area contributed by atoms with Crippen molar-refractivity contribution in [1.29, 1.82) is 0 Å². The molecule has 4 heteroatoms. The monoisotopic (exact) mass is 370 g/mol. The van der Waals surface area contributed by atoms with Crippen LogP contribution in [0.1, 0.15) is 17.2 Å². The zero-order valence-corrected chi connectivity index (χ0v) is 15.4. The van der Waals surface area contributed by atoms with Crippen molar-refractivity contribution in [3.05, 3.63) is 96.1 Å². The van der Waals surface area contributed by atoms with Gasteiger partial charge in [0.2, 0.25) is 0 Å². The van der Waals surface area contributed by atoms with Crippen molar-refractivity contribution in [3.63, 3.8) is 0 Å². The number of amides is 2. The molecule has 0 aliphatic carbocycles. The summed E-state index contributed by atoms with van der Waals surface area (Å²) < 4.78 is 0. The van der Waals surface area contributed by atoms with E-state index < -0.39 is 6.10 Å². The summed E-state index contributed by atoms with van der Waals surface area (Å²) in [5.74, 6) is 0. The second-order valence-corrected chi connectivity index (χ2v) is 6.79. The molecule has 4 nitrogen and oxygen atoms in total. The lowest BCUT2D eigenvalue weighted by molar-refractivity contribution is 0.174. The minimum absolute atomic E-state index is 0.148. The van der Waals surface area contributed by atoms with E-state index in [9.17, 15) is 9.90 Å². The molecule has 0 aliphatic rings. The van der Waals surface area contributed by atoms with Crippen molar-refractivity contribution >= 4 is 27.6 Å². The van der Waals surface area contributed by atoms with E-state index in [2.05, 4.69) is 28.8 Å². The molecule has 0 saturated heterocycles. The van der Waals surface area contributed by atoms with Gasteiger partial charge >= 0.3 is 6.03 Å². The number of rotatable bonds is 5. The quantitative estimate of drug-likeness (QED) is 0.483. The van der Waals surface area contributed by atoms with Gasteiger partial charge in [0.1, 0.15) is 0 Å². The van der Waals surface area contributed by atoms with E-state index in [-0.39, 0.29) is 12.6 Å². The Balaban J connectivity index is 1.38. The molecule has 0 saturated carbocycles. The Morgan fingerprint density at radius 1 is 0.750 bits per heavy atom. The Morgan fingerprint density at radius 3 is 2.14 bits per heavy atom. The highest BCUT2D eigenvalue weighted by atomic mass is 16.3. The molecule has 0 radical (unpaired) electrons. The Labute approximate surface area is 163 Å². The fourth-order valence-electron chi connectivity index (χ4n) is 3.53. The average Bonchev–Trinajstić information content (AvgIpc) is 2.75. The molecule has 1 unspecified atom stereocenters. The highest BCUT2D eigenvalue weighted by Gasteiger charge is 2.12. The lowest BCUT2D eigenvalue weighted by Gasteiger charge is -2.15. The van der Waals surface area contributed by atoms with Gasteiger partial charge in [0, 0.05) is 13.1 Å². The van der Waals surface area contributed by atoms with Crippen LogP contribution in [0, 0.1) is 0 Å². The van der Waals surface area contributed by atoms with Crippen molar-refractivity contribution in [1.82, 2.24) is 10.6 Å². The molecule has 0 heterocycles. The molecule has 2 amide bonds. The molecule has 4 aromatic rings. The summed E-state index contributed by atoms with van der Waals surface area (Å²) in [7, 11) is 0. The predicted octanol–water partition coefficient (Wildman–Crippen LogP) is 4.53. The zero-order chi connectivity index (χ0) is 19.3. The van der Waals surface area contributed by atoms with Crippen LogP contribution in [-0.2, 0) is 6.54 Å². The lowest BCUT2D eigenvalue weighted by Crippen LogP contribution is -2.37. The van der Waals surface area contributed by atoms with Crippen LogP contribution in [0.4, 0.5) is 4.79 Å². The molecular weight excluding hydrogens is 348 g/mol. The number of nitrogens with one attached hydrogen (secondary N) is 2. The number of carbonyl (C=O) groups excluding carboxylic acids is 1. The van der Waals surface area contributed by atoms with Gasteiger partial charge in [-0.25, -0.2) is 4.79 Å². The van der Waals surface area contributed by atoms with Crippen LogP contribution in [0.2, 0.25) is 0 Å². The molecule has 0 bridgehead atoms. The standard InChI is InChI=1S/C24H22N2O2/c27-23(22-14-6-10-18-8-2-4-13-21(18)22)16-26-24(28)25-15-19-11-5-9-17-7-1-3-12-20(17)19/h1-14,23,27H,15-16H2,(H2,25,26,28). The molecule has 0 aromatic heterocycles. The van der Waals surface area contributed by atoms with Crippen molar-refractivity contribution < 1.29 is 9.90 Å². The molecule has 28 heavy (non-hydrogen) atoms. The third kappa shape index (κ3) is 3.82. The summed E-state index contributed by atoms with van der Waals surface area (Å²) in [6.07, 6.45) is -0.769. The molecule has 140 valence electrons. The molecule has 1 atom stereocenters. The summed E-state index contributed by atoms with van der Waals surface area (Å²) in [6, 6.07) is 27.6. The number of aliphatic hydroxyl groups is 1. The topological polar surface area (TPSA) is 61.4 Å². The maximum absolute atomic E-state index is 12.2. The van der Waals surface area contributed by atoms with Gasteiger partial charge in [-0.3, -0.25) is 0 Å². The van der Waals surface area contributed by atoms with Crippen LogP contribution in [0.15, 0.2) is 84.9 Å². The Bertz CT molecular complexity index is 1110. The molecule has 0 fully saturated rings. The number of aliphatic hydroxyl groups excluding tert-OH is 1. The highest BCUT2D eigenvalue weighted by molar-refractivity contribution is 5.87. The van der Waals surface area contributed by atoms with Crippen molar-refractivity contribution in [2.75, 3.05) is 6.54 Å². The van der Waals surface area contributed by atoms with Gasteiger partial charge in [-0.1, -0.05) is 84.9 Å². The fourth-order valence-corrected chi connectivity index (χ4v) is 3.53. The van der Waals surface area contributed by atoms with Gasteiger partial charge in [0.25, 0.3) is 0 Å². The number of hydrogen-bond acceptors (Lipinski definition) is 2. The first kappa shape index (κ1) is 18.0. The molecule has 4 aromatic carbocycles. The van der Waals surface area contributed by atoms with E-state index in [1.165, 1.54) is 0 Å². The maximum Gasteiger partial charge on any atom is 0.315 e. The largest absolute Gasteiger partial charge is 0.387 e. The fraction of sp³-hybridized carbons (Fsp3) is 0.125. The molecular formula is C24H22N2O2. The lowest BCUT2D eigenvalue weighted by atomic mass is 10.0. The van der Waals surface area contributed by atoms with E-state index in [0.29, 0.717) is 6.54 Å². The summed E-state index contributed by atoms with van der Waals surface area (Å²) in [6.45, 7) is 0.576. The Morgan fingerprint density at radius 2 is 1.36 bits per heavy atom. The summed E-state index contributed by atoms with van der Waals surface area (Å²) in [5, 5.41) is 20.5. The second-order valence-electron chi connectivity index (χ2n) is 6.79. The Kier molecular flexibility index (Phi) is 5.22. The number of fused-ring (bicyclic) bond motifs is 2. The van der Waals surface area contributed by atoms with Crippen LogP contribution in [-0.4, -0.2) is 17.7 Å². The van der Waals surface area contributed by atoms with E-state index >= 15 is 0 Å². The number of hydrogen-bond donors (Lipinski definition) is 3. The number of benzene rings is 4. The SMILES string of the molecule is O=C(NCc1cccc2ccccc12)NCC(O)c1cccc2ccccc12. The summed E-state index contributed by atoms with van der Waals surface area (Å²) in [4.78, 5) is 12.2. The van der Waals surface area contributed by atoms with Crippen molar-refractivity contribution in [2.45, 2.75) is 12.6 Å². The number of carbonyl (C=O) groups is 1. The normalized spacial score (nSPS) is 12.0. The zero-order valence-electron chi connectivity index (χ0n) is 15.4. The first-order chi connectivity index (χ1) is 13.7. The molecule has 0 aliphatic heterocycles. The van der Waals surface area contributed by atoms with E-state index in [1.54, 1.807) is 0 Å². The van der Waals surface area contributed by atoms with Crippen LogP contribution < -0.4 is 10.6 Å². The first-order valence-corrected chi connectivity index (χ1v) is 9.36. The van der Waals surface area contributed by atoms with E-state index in [1.807, 2.05) is 66.7 Å². The Hall–Kier alpha value is -3.37. The average molecular weight is 370 g/mol. The van der Waals surface area contributed by atoms with Crippen molar-refractivity contribution in [2.24, 2.45) is 0 Å². The minimum Gasteiger partial charge on any atom is -0.387 e. The van der Waals surface area contributed by atoms with Gasteiger partial charge in [0.15, 0.2) is 0 Å². The highest BCUT2D eigenvalue weighted by Crippen LogP contribution is 2.24. The van der Waals surface area contributed by atoms with Crippen LogP contribution in [0.25, 0.3) is 21.5 Å². The third-order valence-electron chi connectivity index (χ3n) is 4.96. The van der Waals surface area contributed by atoms with Gasteiger partial charge in [0.05, 0.1) is 6.10 Å². The summed E-state index contributed by atoms with van der Waals surface area (Å²) in [5.41, 5.74) is 1.87. The van der Waals surface area contributed by atoms with Gasteiger partial charge in [-0.15, -0.1) is 0 Å². The van der Waals surface area contributed by atoms with Crippen molar-refractivity contribution in [3.8, 4) is 0 Å². The smallest absolute Gasteiger partial charge is 0.315 e.